The van der Waals surface area contributed by atoms with Gasteiger partial charge in [0.05, 0.1) is 0 Å². The van der Waals surface area contributed by atoms with Crippen LogP contribution in [0, 0.1) is 0 Å². The van der Waals surface area contributed by atoms with E-state index in [-0.39, 0.29) is 0 Å². The van der Waals surface area contributed by atoms with Crippen LogP contribution >= 0.6 is 0 Å². The maximum atomic E-state index is 9.27. The Hall–Kier alpha value is -1.24. The number of hydrogen-bond donors (Lipinski definition) is 1. The molecule has 0 saturated heterocycles. The summed E-state index contributed by atoms with van der Waals surface area (Å²) in [6.07, 6.45) is 5.23. The average Bonchev–Trinajstić information content (AvgIpc) is 2.14. The van der Waals surface area contributed by atoms with Gasteiger partial charge in [-0.15, -0.1) is 0 Å². The van der Waals surface area contributed by atoms with Crippen LogP contribution in [0.25, 0.3) is 0 Å². The third-order valence-electron chi connectivity index (χ3n) is 2.16. The predicted molar refractivity (Wildman–Crippen MR) is 56.0 cm³/mol. The zero-order chi connectivity index (χ0) is 9.68. The number of benzene rings is 1. The summed E-state index contributed by atoms with van der Waals surface area (Å²) in [5, 5.41) is 9.27. The van der Waals surface area contributed by atoms with Gasteiger partial charge in [0.1, 0.15) is 5.75 Å². The molecule has 1 aromatic carbocycles. The van der Waals surface area contributed by atoms with Gasteiger partial charge in [-0.05, 0) is 37.0 Å². The molecule has 1 heteroatoms. The number of aromatic hydroxyl groups is 1. The number of phenols is 1. The fraction of sp³-hybridized carbons (Fsp3) is 0.333. The van der Waals surface area contributed by atoms with Crippen LogP contribution in [-0.2, 0) is 0 Å². The summed E-state index contributed by atoms with van der Waals surface area (Å²) < 4.78 is 0. The quantitative estimate of drug-likeness (QED) is 0.699. The molecule has 0 aliphatic rings. The van der Waals surface area contributed by atoms with E-state index in [0.717, 1.165) is 6.42 Å². The van der Waals surface area contributed by atoms with Gasteiger partial charge in [-0.2, -0.15) is 0 Å². The average molecular weight is 176 g/mol. The maximum Gasteiger partial charge on any atom is 0.115 e. The molecule has 0 fully saturated rings. The van der Waals surface area contributed by atoms with Crippen LogP contribution in [0.1, 0.15) is 31.7 Å². The second-order valence-electron chi connectivity index (χ2n) is 3.30. The van der Waals surface area contributed by atoms with Crippen LogP contribution < -0.4 is 0 Å². The Balaban J connectivity index is 2.70. The Morgan fingerprint density at radius 2 is 2.23 bits per heavy atom. The highest BCUT2D eigenvalue weighted by Crippen LogP contribution is 2.22. The minimum Gasteiger partial charge on any atom is -0.508 e. The van der Waals surface area contributed by atoms with E-state index in [1.807, 2.05) is 25.1 Å². The third-order valence-corrected chi connectivity index (χ3v) is 2.16. The zero-order valence-corrected chi connectivity index (χ0v) is 8.20. The van der Waals surface area contributed by atoms with E-state index < -0.39 is 0 Å². The number of phenolic OH excluding ortho intramolecular Hbond substituents is 1. The molecule has 0 spiro atoms. The summed E-state index contributed by atoms with van der Waals surface area (Å²) >= 11 is 0. The molecule has 1 nitrogen and oxygen atoms in total. The summed E-state index contributed by atoms with van der Waals surface area (Å²) in [6, 6.07) is 7.46. The van der Waals surface area contributed by atoms with Crippen molar-refractivity contribution in [3.8, 4) is 5.75 Å². The van der Waals surface area contributed by atoms with E-state index in [0.29, 0.717) is 11.7 Å². The maximum absolute atomic E-state index is 9.27. The first-order valence-corrected chi connectivity index (χ1v) is 4.64. The highest BCUT2D eigenvalue weighted by atomic mass is 16.3. The lowest BCUT2D eigenvalue weighted by molar-refractivity contribution is 0.474. The molecule has 1 rings (SSSR count). The molecule has 0 aliphatic heterocycles. The molecule has 0 aromatic heterocycles. The smallest absolute Gasteiger partial charge is 0.115 e. The molecular weight excluding hydrogens is 160 g/mol. The van der Waals surface area contributed by atoms with Gasteiger partial charge in [-0.1, -0.05) is 31.2 Å². The second-order valence-corrected chi connectivity index (χ2v) is 3.30. The van der Waals surface area contributed by atoms with E-state index in [4.69, 9.17) is 0 Å². The zero-order valence-electron chi connectivity index (χ0n) is 8.20. The van der Waals surface area contributed by atoms with Crippen molar-refractivity contribution in [2.45, 2.75) is 26.2 Å². The monoisotopic (exact) mass is 176 g/mol. The highest BCUT2D eigenvalue weighted by Gasteiger charge is 2.03. The van der Waals surface area contributed by atoms with Gasteiger partial charge in [-0.3, -0.25) is 0 Å². The Bertz CT molecular complexity index is 289. The summed E-state index contributed by atoms with van der Waals surface area (Å²) in [6.45, 7) is 4.18. The van der Waals surface area contributed by atoms with Gasteiger partial charge < -0.3 is 5.11 Å². The molecule has 0 amide bonds. The fourth-order valence-electron chi connectivity index (χ4n) is 1.31. The van der Waals surface area contributed by atoms with Crippen molar-refractivity contribution in [3.05, 3.63) is 42.0 Å². The molecular formula is C12H16O. The van der Waals surface area contributed by atoms with Crippen LogP contribution in [-0.4, -0.2) is 5.11 Å². The van der Waals surface area contributed by atoms with Crippen LogP contribution in [0.4, 0.5) is 0 Å². The minimum atomic E-state index is 0.352. The van der Waals surface area contributed by atoms with Crippen LogP contribution in [0.15, 0.2) is 36.4 Å². The van der Waals surface area contributed by atoms with Crippen LogP contribution in [0.2, 0.25) is 0 Å². The molecule has 0 radical (unpaired) electrons. The highest BCUT2D eigenvalue weighted by molar-refractivity contribution is 5.29. The summed E-state index contributed by atoms with van der Waals surface area (Å²) in [5.41, 5.74) is 1.19. The van der Waals surface area contributed by atoms with Gasteiger partial charge in [0.25, 0.3) is 0 Å². The molecule has 0 aliphatic carbocycles. The van der Waals surface area contributed by atoms with Crippen molar-refractivity contribution < 1.29 is 5.11 Å². The van der Waals surface area contributed by atoms with Crippen molar-refractivity contribution in [1.82, 2.24) is 0 Å². The molecule has 1 N–H and O–H groups in total. The van der Waals surface area contributed by atoms with Crippen molar-refractivity contribution in [2.75, 3.05) is 0 Å². The van der Waals surface area contributed by atoms with Crippen molar-refractivity contribution in [1.29, 1.82) is 0 Å². The molecule has 13 heavy (non-hydrogen) atoms. The SMILES string of the molecule is C/C=C\CC(C)c1cccc(O)c1. The molecule has 1 atom stereocenters. The second kappa shape index (κ2) is 4.70. The molecule has 1 aromatic rings. The summed E-state index contributed by atoms with van der Waals surface area (Å²) in [7, 11) is 0. The van der Waals surface area contributed by atoms with E-state index in [2.05, 4.69) is 19.1 Å². The normalized spacial score (nSPS) is 13.4. The van der Waals surface area contributed by atoms with Gasteiger partial charge in [0.15, 0.2) is 0 Å². The van der Waals surface area contributed by atoms with Crippen molar-refractivity contribution in [2.24, 2.45) is 0 Å². The Morgan fingerprint density at radius 3 is 2.85 bits per heavy atom. The first-order valence-electron chi connectivity index (χ1n) is 4.64. The minimum absolute atomic E-state index is 0.352. The number of allylic oxidation sites excluding steroid dienone is 2. The van der Waals surface area contributed by atoms with E-state index in [1.165, 1.54) is 5.56 Å². The van der Waals surface area contributed by atoms with Crippen LogP contribution in [0.3, 0.4) is 0 Å². The topological polar surface area (TPSA) is 20.2 Å². The lowest BCUT2D eigenvalue weighted by Gasteiger charge is -2.08. The molecule has 70 valence electrons. The molecule has 0 saturated carbocycles. The largest absolute Gasteiger partial charge is 0.508 e. The first-order chi connectivity index (χ1) is 6.24. The van der Waals surface area contributed by atoms with Gasteiger partial charge in [0, 0.05) is 0 Å². The van der Waals surface area contributed by atoms with Gasteiger partial charge in [0.2, 0.25) is 0 Å². The van der Waals surface area contributed by atoms with E-state index in [9.17, 15) is 5.11 Å². The Labute approximate surface area is 79.7 Å². The van der Waals surface area contributed by atoms with Gasteiger partial charge >= 0.3 is 0 Å². The molecule has 0 heterocycles. The lowest BCUT2D eigenvalue weighted by Crippen LogP contribution is -1.90. The van der Waals surface area contributed by atoms with Gasteiger partial charge in [-0.25, -0.2) is 0 Å². The number of rotatable bonds is 3. The summed E-state index contributed by atoms with van der Waals surface area (Å²) in [4.78, 5) is 0. The van der Waals surface area contributed by atoms with E-state index in [1.54, 1.807) is 6.07 Å². The number of hydrogen-bond acceptors (Lipinski definition) is 1. The third kappa shape index (κ3) is 2.94. The standard InChI is InChI=1S/C12H16O/c1-3-4-6-10(2)11-7-5-8-12(13)9-11/h3-5,7-10,13H,6H2,1-2H3/b4-3-. The van der Waals surface area contributed by atoms with Crippen molar-refractivity contribution >= 4 is 0 Å². The lowest BCUT2D eigenvalue weighted by atomic mass is 9.97. The molecule has 0 bridgehead atoms. The summed E-state index contributed by atoms with van der Waals surface area (Å²) in [5.74, 6) is 0.827. The first kappa shape index (κ1) is 9.85. The Morgan fingerprint density at radius 1 is 1.46 bits per heavy atom. The Kier molecular flexibility index (Phi) is 3.56. The van der Waals surface area contributed by atoms with Crippen LogP contribution in [0.5, 0.6) is 5.75 Å². The molecule has 1 unspecified atom stereocenters. The van der Waals surface area contributed by atoms with E-state index >= 15 is 0 Å². The fourth-order valence-corrected chi connectivity index (χ4v) is 1.31. The van der Waals surface area contributed by atoms with Crippen molar-refractivity contribution in [3.63, 3.8) is 0 Å². The predicted octanol–water partition coefficient (Wildman–Crippen LogP) is 3.46.